The summed E-state index contributed by atoms with van der Waals surface area (Å²) >= 11 is 3.26. The standard InChI is InChI=1S/C14H14BrNO4/c15-11-5-3-9(4-6-11)12(17)13(18)16-7-1-2-10(8-16)14(19)20/h3-6,10H,1-2,7-8H2,(H,19,20). The quantitative estimate of drug-likeness (QED) is 0.674. The molecule has 1 aliphatic rings. The van der Waals surface area contributed by atoms with Crippen LogP contribution in [0.1, 0.15) is 23.2 Å². The average Bonchev–Trinajstić information content (AvgIpc) is 2.46. The lowest BCUT2D eigenvalue weighted by atomic mass is 9.97. The molecule has 1 aliphatic heterocycles. The number of carboxylic acids is 1. The number of nitrogens with zero attached hydrogens (tertiary/aromatic N) is 1. The lowest BCUT2D eigenvalue weighted by molar-refractivity contribution is -0.144. The van der Waals surface area contributed by atoms with E-state index >= 15 is 0 Å². The van der Waals surface area contributed by atoms with Crippen LogP contribution in [-0.4, -0.2) is 40.8 Å². The Hall–Kier alpha value is -1.69. The van der Waals surface area contributed by atoms with Crippen molar-refractivity contribution in [3.05, 3.63) is 34.3 Å². The molecule has 0 radical (unpaired) electrons. The molecule has 0 saturated carbocycles. The van der Waals surface area contributed by atoms with Gasteiger partial charge in [0, 0.05) is 23.1 Å². The second-order valence-electron chi connectivity index (χ2n) is 4.76. The molecule has 106 valence electrons. The van der Waals surface area contributed by atoms with Crippen molar-refractivity contribution in [1.29, 1.82) is 0 Å². The van der Waals surface area contributed by atoms with Gasteiger partial charge in [0.05, 0.1) is 5.92 Å². The van der Waals surface area contributed by atoms with Crippen LogP contribution in [0.3, 0.4) is 0 Å². The second-order valence-corrected chi connectivity index (χ2v) is 5.68. The summed E-state index contributed by atoms with van der Waals surface area (Å²) in [4.78, 5) is 36.5. The number of hydrogen-bond acceptors (Lipinski definition) is 3. The van der Waals surface area contributed by atoms with Crippen molar-refractivity contribution in [2.75, 3.05) is 13.1 Å². The molecule has 1 aromatic rings. The number of carboxylic acid groups (broad SMARTS) is 1. The Balaban J connectivity index is 2.08. The van der Waals surface area contributed by atoms with E-state index in [0.717, 1.165) is 4.47 Å². The fourth-order valence-electron chi connectivity index (χ4n) is 2.23. The van der Waals surface area contributed by atoms with E-state index in [2.05, 4.69) is 15.9 Å². The molecular weight excluding hydrogens is 326 g/mol. The first-order valence-electron chi connectivity index (χ1n) is 6.31. The zero-order chi connectivity index (χ0) is 14.7. The van der Waals surface area contributed by atoms with Crippen molar-refractivity contribution in [1.82, 2.24) is 4.90 Å². The van der Waals surface area contributed by atoms with E-state index < -0.39 is 23.6 Å². The van der Waals surface area contributed by atoms with E-state index in [1.54, 1.807) is 24.3 Å². The van der Waals surface area contributed by atoms with Crippen LogP contribution in [-0.2, 0) is 9.59 Å². The van der Waals surface area contributed by atoms with E-state index in [1.165, 1.54) is 4.90 Å². The topological polar surface area (TPSA) is 74.7 Å². The Labute approximate surface area is 124 Å². The van der Waals surface area contributed by atoms with Gasteiger partial charge in [-0.2, -0.15) is 0 Å². The molecule has 0 spiro atoms. The zero-order valence-electron chi connectivity index (χ0n) is 10.7. The van der Waals surface area contributed by atoms with Crippen molar-refractivity contribution in [2.24, 2.45) is 5.92 Å². The smallest absolute Gasteiger partial charge is 0.308 e. The molecule has 1 amide bonds. The van der Waals surface area contributed by atoms with Gasteiger partial charge >= 0.3 is 5.97 Å². The molecule has 20 heavy (non-hydrogen) atoms. The number of ketones is 1. The lowest BCUT2D eigenvalue weighted by Gasteiger charge is -2.30. The number of likely N-dealkylation sites (tertiary alicyclic amines) is 1. The third kappa shape index (κ3) is 3.25. The van der Waals surface area contributed by atoms with Gasteiger partial charge in [-0.1, -0.05) is 15.9 Å². The Kier molecular flexibility index (Phi) is 4.54. The van der Waals surface area contributed by atoms with Crippen molar-refractivity contribution >= 4 is 33.6 Å². The number of aliphatic carboxylic acids is 1. The molecule has 1 atom stereocenters. The van der Waals surface area contributed by atoms with E-state index in [4.69, 9.17) is 5.11 Å². The predicted molar refractivity (Wildman–Crippen MR) is 75.4 cm³/mol. The van der Waals surface area contributed by atoms with E-state index in [0.29, 0.717) is 24.9 Å². The van der Waals surface area contributed by atoms with Gasteiger partial charge < -0.3 is 10.0 Å². The van der Waals surface area contributed by atoms with Crippen LogP contribution in [0, 0.1) is 5.92 Å². The molecule has 1 aromatic carbocycles. The number of amides is 1. The molecule has 1 unspecified atom stereocenters. The first kappa shape index (κ1) is 14.7. The molecule has 1 heterocycles. The Morgan fingerprint density at radius 1 is 1.20 bits per heavy atom. The SMILES string of the molecule is O=C(C(=O)N1CCCC(C(=O)O)C1)c1ccc(Br)cc1. The number of piperidine rings is 1. The number of halogens is 1. The van der Waals surface area contributed by atoms with Crippen LogP contribution in [0.25, 0.3) is 0 Å². The maximum atomic E-state index is 12.1. The Morgan fingerprint density at radius 3 is 2.45 bits per heavy atom. The fraction of sp³-hybridized carbons (Fsp3) is 0.357. The van der Waals surface area contributed by atoms with Crippen molar-refractivity contribution in [2.45, 2.75) is 12.8 Å². The van der Waals surface area contributed by atoms with E-state index in [-0.39, 0.29) is 6.54 Å². The van der Waals surface area contributed by atoms with Crippen LogP contribution in [0.15, 0.2) is 28.7 Å². The first-order valence-corrected chi connectivity index (χ1v) is 7.10. The van der Waals surface area contributed by atoms with Gasteiger partial charge in [-0.15, -0.1) is 0 Å². The Morgan fingerprint density at radius 2 is 1.85 bits per heavy atom. The molecule has 1 saturated heterocycles. The summed E-state index contributed by atoms with van der Waals surface area (Å²) in [7, 11) is 0. The number of carbonyl (C=O) groups is 3. The zero-order valence-corrected chi connectivity index (χ0v) is 12.3. The minimum atomic E-state index is -0.918. The summed E-state index contributed by atoms with van der Waals surface area (Å²) in [6, 6.07) is 6.53. The van der Waals surface area contributed by atoms with Crippen LogP contribution in [0.4, 0.5) is 0 Å². The van der Waals surface area contributed by atoms with Gasteiger partial charge in [-0.25, -0.2) is 0 Å². The van der Waals surface area contributed by atoms with Crippen molar-refractivity contribution in [3.63, 3.8) is 0 Å². The minimum Gasteiger partial charge on any atom is -0.481 e. The highest BCUT2D eigenvalue weighted by Gasteiger charge is 2.31. The monoisotopic (exact) mass is 339 g/mol. The summed E-state index contributed by atoms with van der Waals surface area (Å²) in [6.45, 7) is 0.543. The summed E-state index contributed by atoms with van der Waals surface area (Å²) in [5, 5.41) is 9.00. The largest absolute Gasteiger partial charge is 0.481 e. The van der Waals surface area contributed by atoms with E-state index in [9.17, 15) is 14.4 Å². The van der Waals surface area contributed by atoms with Gasteiger partial charge in [0.15, 0.2) is 0 Å². The van der Waals surface area contributed by atoms with E-state index in [1.807, 2.05) is 0 Å². The number of benzene rings is 1. The minimum absolute atomic E-state index is 0.108. The van der Waals surface area contributed by atoms with Crippen molar-refractivity contribution in [3.8, 4) is 0 Å². The fourth-order valence-corrected chi connectivity index (χ4v) is 2.50. The number of rotatable bonds is 3. The predicted octanol–water partition coefficient (Wildman–Crippen LogP) is 1.95. The van der Waals surface area contributed by atoms with Gasteiger partial charge in [-0.3, -0.25) is 14.4 Å². The van der Waals surface area contributed by atoms with Crippen LogP contribution in [0.5, 0.6) is 0 Å². The molecule has 1 fully saturated rings. The average molecular weight is 340 g/mol. The van der Waals surface area contributed by atoms with Gasteiger partial charge in [0.2, 0.25) is 5.78 Å². The highest BCUT2D eigenvalue weighted by Crippen LogP contribution is 2.18. The molecule has 0 bridgehead atoms. The molecule has 6 heteroatoms. The highest BCUT2D eigenvalue weighted by atomic mass is 79.9. The molecule has 1 N–H and O–H groups in total. The second kappa shape index (κ2) is 6.17. The first-order chi connectivity index (χ1) is 9.49. The van der Waals surface area contributed by atoms with Crippen LogP contribution in [0.2, 0.25) is 0 Å². The maximum Gasteiger partial charge on any atom is 0.308 e. The molecule has 2 rings (SSSR count). The van der Waals surface area contributed by atoms with Gasteiger partial charge in [-0.05, 0) is 37.1 Å². The van der Waals surface area contributed by atoms with Crippen molar-refractivity contribution < 1.29 is 19.5 Å². The Bertz CT molecular complexity index is 541. The summed E-state index contributed by atoms with van der Waals surface area (Å²) in [5.41, 5.74) is 0.315. The van der Waals surface area contributed by atoms with Crippen LogP contribution >= 0.6 is 15.9 Å². The number of carbonyl (C=O) groups excluding carboxylic acids is 2. The summed E-state index contributed by atoms with van der Waals surface area (Å²) in [5.74, 6) is -2.72. The highest BCUT2D eigenvalue weighted by molar-refractivity contribution is 9.10. The lowest BCUT2D eigenvalue weighted by Crippen LogP contribution is -2.45. The molecular formula is C14H14BrNO4. The van der Waals surface area contributed by atoms with Gasteiger partial charge in [0.1, 0.15) is 0 Å². The summed E-state index contributed by atoms with van der Waals surface area (Å²) < 4.78 is 0.824. The van der Waals surface area contributed by atoms with Crippen LogP contribution < -0.4 is 0 Å². The molecule has 0 aliphatic carbocycles. The third-order valence-corrected chi connectivity index (χ3v) is 3.89. The third-order valence-electron chi connectivity index (χ3n) is 3.36. The maximum absolute atomic E-state index is 12.1. The summed E-state index contributed by atoms with van der Waals surface area (Å²) in [6.07, 6.45) is 1.15. The normalized spacial score (nSPS) is 18.6. The number of hydrogen-bond donors (Lipinski definition) is 1. The molecule has 0 aromatic heterocycles. The van der Waals surface area contributed by atoms with Gasteiger partial charge in [0.25, 0.3) is 5.91 Å². The number of Topliss-reactive ketones (excluding diaryl/α,β-unsaturated/α-hetero) is 1. The molecule has 5 nitrogen and oxygen atoms in total.